The fourth-order valence-corrected chi connectivity index (χ4v) is 3.97. The minimum absolute atomic E-state index is 0. The van der Waals surface area contributed by atoms with E-state index in [2.05, 4.69) is 4.40 Å². The summed E-state index contributed by atoms with van der Waals surface area (Å²) >= 11 is 6.02. The van der Waals surface area contributed by atoms with Crippen LogP contribution in [0.2, 0.25) is 0 Å². The van der Waals surface area contributed by atoms with Gasteiger partial charge in [-0.05, 0) is 52.5 Å². The van der Waals surface area contributed by atoms with Crippen LogP contribution in [0.15, 0.2) is 86.9 Å². The van der Waals surface area contributed by atoms with E-state index < -0.39 is 15.8 Å². The first-order valence-electron chi connectivity index (χ1n) is 9.09. The fraction of sp³-hybridized carbons (Fsp3) is 0.182. The largest absolute Gasteiger partial charge is 1.00 e. The molecule has 0 amide bonds. The van der Waals surface area contributed by atoms with Crippen molar-refractivity contribution in [2.75, 3.05) is 0 Å². The topological polar surface area (TPSA) is 96.5 Å². The van der Waals surface area contributed by atoms with Crippen LogP contribution < -0.4 is 39.4 Å². The molecule has 0 spiro atoms. The van der Waals surface area contributed by atoms with Gasteiger partial charge in [0.25, 0.3) is 10.0 Å². The number of sulfonamides is 1. The van der Waals surface area contributed by atoms with E-state index in [1.807, 2.05) is 20.8 Å². The Kier molecular flexibility index (Phi) is 7.94. The van der Waals surface area contributed by atoms with Crippen molar-refractivity contribution in [3.8, 4) is 0 Å². The number of benzene rings is 1. The van der Waals surface area contributed by atoms with Crippen LogP contribution in [0.1, 0.15) is 31.9 Å². The van der Waals surface area contributed by atoms with Crippen molar-refractivity contribution in [2.45, 2.75) is 31.1 Å². The van der Waals surface area contributed by atoms with Crippen molar-refractivity contribution in [1.82, 2.24) is 0 Å². The maximum Gasteiger partial charge on any atom is 1.00 e. The van der Waals surface area contributed by atoms with Gasteiger partial charge in [-0.25, -0.2) is 0 Å². The Hall–Kier alpha value is -1.90. The normalized spacial score (nSPS) is 17.2. The van der Waals surface area contributed by atoms with E-state index >= 15 is 0 Å². The van der Waals surface area contributed by atoms with Crippen molar-refractivity contribution in [2.24, 2.45) is 4.40 Å². The Morgan fingerprint density at radius 2 is 1.61 bits per heavy atom. The quantitative estimate of drug-likeness (QED) is 0.280. The molecule has 0 saturated carbocycles. The summed E-state index contributed by atoms with van der Waals surface area (Å²) in [6.07, 6.45) is 6.57. The molecule has 1 aromatic carbocycles. The van der Waals surface area contributed by atoms with Crippen LogP contribution in [0.4, 0.5) is 0 Å². The number of halogens is 1. The van der Waals surface area contributed by atoms with Gasteiger partial charge in [0.1, 0.15) is 0 Å². The van der Waals surface area contributed by atoms with Crippen LogP contribution >= 0.6 is 11.6 Å². The summed E-state index contributed by atoms with van der Waals surface area (Å²) in [4.78, 5) is 0.0240. The van der Waals surface area contributed by atoms with Gasteiger partial charge in [0.2, 0.25) is 0 Å². The molecule has 6 nitrogen and oxygen atoms in total. The Morgan fingerprint density at radius 1 is 1.03 bits per heavy atom. The molecule has 9 heteroatoms. The molecule has 0 radical (unpaired) electrons. The third-order valence-electron chi connectivity index (χ3n) is 4.50. The second-order valence-corrected chi connectivity index (χ2v) is 9.82. The van der Waals surface area contributed by atoms with Crippen LogP contribution in [-0.2, 0) is 15.4 Å². The molecular weight excluding hydrogens is 447 g/mol. The smallest absolute Gasteiger partial charge is 0.872 e. The molecule has 2 aromatic rings. The number of allylic oxidation sites excluding steroid dienone is 5. The number of hydrogen-bond donors (Lipinski definition) is 0. The first-order valence-corrected chi connectivity index (χ1v) is 10.9. The van der Waals surface area contributed by atoms with Gasteiger partial charge in [-0.1, -0.05) is 50.3 Å². The van der Waals surface area contributed by atoms with Gasteiger partial charge in [0, 0.05) is 17.2 Å². The van der Waals surface area contributed by atoms with E-state index in [4.69, 9.17) is 11.6 Å². The van der Waals surface area contributed by atoms with Crippen LogP contribution in [0, 0.1) is 5.21 Å². The molecule has 1 aromatic heterocycles. The first kappa shape index (κ1) is 25.4. The van der Waals surface area contributed by atoms with Crippen molar-refractivity contribution in [3.05, 3.63) is 94.0 Å². The molecule has 0 unspecified atom stereocenters. The number of rotatable bonds is 3. The summed E-state index contributed by atoms with van der Waals surface area (Å²) in [5, 5.41) is 24.4. The van der Waals surface area contributed by atoms with Crippen LogP contribution in [-0.4, -0.2) is 14.1 Å². The molecule has 31 heavy (non-hydrogen) atoms. The zero-order valence-electron chi connectivity index (χ0n) is 17.7. The van der Waals surface area contributed by atoms with E-state index in [-0.39, 0.29) is 61.7 Å². The zero-order chi connectivity index (χ0) is 22.1. The van der Waals surface area contributed by atoms with Crippen LogP contribution in [0.3, 0.4) is 0 Å². The Balaban J connectivity index is 0.00000341. The monoisotopic (exact) mass is 466 g/mol. The third kappa shape index (κ3) is 6.08. The van der Waals surface area contributed by atoms with E-state index in [0.29, 0.717) is 4.73 Å². The minimum atomic E-state index is -4.06. The van der Waals surface area contributed by atoms with Crippen LogP contribution in [0.25, 0.3) is 5.76 Å². The van der Waals surface area contributed by atoms with Crippen LogP contribution in [0.5, 0.6) is 0 Å². The maximum absolute atomic E-state index is 12.9. The van der Waals surface area contributed by atoms with Crippen molar-refractivity contribution < 1.29 is 47.8 Å². The second-order valence-electron chi connectivity index (χ2n) is 7.78. The van der Waals surface area contributed by atoms with Gasteiger partial charge in [0.05, 0.1) is 10.6 Å². The van der Waals surface area contributed by atoms with E-state index in [0.717, 1.165) is 5.56 Å². The van der Waals surface area contributed by atoms with Crippen molar-refractivity contribution in [3.63, 3.8) is 0 Å². The van der Waals surface area contributed by atoms with Gasteiger partial charge in [-0.2, -0.15) is 17.5 Å². The molecule has 0 N–H and O–H groups in total. The number of pyridine rings is 1. The van der Waals surface area contributed by atoms with E-state index in [9.17, 15) is 18.7 Å². The van der Waals surface area contributed by atoms with Gasteiger partial charge < -0.3 is 10.3 Å². The van der Waals surface area contributed by atoms with Gasteiger partial charge >= 0.3 is 29.6 Å². The SMILES string of the molecule is CC(C)(C)c1ccc(S(=O)(=O)N=C2C=CC(Cl)=CC2=C([O-])c2cc[n+]([O-])cc2)cc1.[Na+]. The summed E-state index contributed by atoms with van der Waals surface area (Å²) < 4.78 is 30.1. The molecule has 1 heterocycles. The predicted molar refractivity (Wildman–Crippen MR) is 115 cm³/mol. The molecule has 0 bridgehead atoms. The number of hydrogen-bond acceptors (Lipinski definition) is 4. The number of nitrogens with zero attached hydrogens (tertiary/aromatic N) is 2. The molecule has 3 rings (SSSR count). The average Bonchev–Trinajstić information content (AvgIpc) is 2.69. The minimum Gasteiger partial charge on any atom is -0.872 e. The Labute approximate surface area is 209 Å². The summed E-state index contributed by atoms with van der Waals surface area (Å²) in [6, 6.07) is 9.19. The van der Waals surface area contributed by atoms with E-state index in [1.54, 1.807) is 12.1 Å². The number of aromatic nitrogens is 1. The van der Waals surface area contributed by atoms with E-state index in [1.165, 1.54) is 54.9 Å². The van der Waals surface area contributed by atoms with Gasteiger partial charge in [0.15, 0.2) is 12.4 Å². The summed E-state index contributed by atoms with van der Waals surface area (Å²) in [7, 11) is -4.06. The summed E-state index contributed by atoms with van der Waals surface area (Å²) in [5.41, 5.74) is 1.09. The van der Waals surface area contributed by atoms with Gasteiger partial charge in [-0.15, -0.1) is 0 Å². The average molecular weight is 467 g/mol. The molecule has 0 aliphatic heterocycles. The first-order chi connectivity index (χ1) is 14.0. The molecule has 156 valence electrons. The molecule has 0 saturated heterocycles. The molecule has 1 aliphatic carbocycles. The third-order valence-corrected chi connectivity index (χ3v) is 6.04. The van der Waals surface area contributed by atoms with Crippen molar-refractivity contribution >= 4 is 33.1 Å². The fourth-order valence-electron chi connectivity index (χ4n) is 2.80. The summed E-state index contributed by atoms with van der Waals surface area (Å²) in [6.45, 7) is 6.10. The Bertz CT molecular complexity index is 1190. The summed E-state index contributed by atoms with van der Waals surface area (Å²) in [5.74, 6) is -0.491. The molecular formula is C22H20ClN2NaO4S. The maximum atomic E-state index is 12.9. The predicted octanol–water partition coefficient (Wildman–Crippen LogP) is 0.215. The molecule has 1 aliphatic rings. The Morgan fingerprint density at radius 3 is 2.16 bits per heavy atom. The zero-order valence-corrected chi connectivity index (χ0v) is 21.2. The van der Waals surface area contributed by atoms with Gasteiger partial charge in [-0.3, -0.25) is 0 Å². The second kappa shape index (κ2) is 9.71. The standard InChI is InChI=1S/C22H21ClN2O4S.Na/c1-22(2,3)16-4-7-18(8-5-16)30(28,29)24-20-9-6-17(23)14-19(20)21(26)15-10-12-25(27)13-11-15;/h4-14,26H,1-3H3;/q;+1/p-1. The molecule has 0 atom stereocenters. The van der Waals surface area contributed by atoms with Crippen molar-refractivity contribution in [1.29, 1.82) is 0 Å². The molecule has 0 fully saturated rings.